The molecule has 1 saturated heterocycles. The summed E-state index contributed by atoms with van der Waals surface area (Å²) in [6.45, 7) is 5.59. The molecule has 1 N–H and O–H groups in total. The molecule has 28 heavy (non-hydrogen) atoms. The zero-order chi connectivity index (χ0) is 19.8. The van der Waals surface area contributed by atoms with Crippen LogP contribution in [-0.2, 0) is 7.05 Å². The summed E-state index contributed by atoms with van der Waals surface area (Å²) >= 11 is 0. The van der Waals surface area contributed by atoms with Crippen molar-refractivity contribution in [3.05, 3.63) is 41.7 Å². The zero-order valence-corrected chi connectivity index (χ0v) is 16.2. The third-order valence-corrected chi connectivity index (χ3v) is 5.06. The summed E-state index contributed by atoms with van der Waals surface area (Å²) in [7, 11) is 3.83. The molecule has 0 aliphatic carbocycles. The number of rotatable bonds is 4. The maximum atomic E-state index is 11.5. The average molecular weight is 381 g/mol. The Balaban J connectivity index is 1.69. The van der Waals surface area contributed by atoms with Gasteiger partial charge in [-0.2, -0.15) is 4.98 Å². The molecule has 0 bridgehead atoms. The number of carboxylic acids is 1. The normalized spacial score (nSPS) is 15.2. The summed E-state index contributed by atoms with van der Waals surface area (Å²) in [6.07, 6.45) is 0. The molecule has 0 spiro atoms. The topological polar surface area (TPSA) is 83.7 Å². The molecular weight excluding hydrogens is 358 g/mol. The molecule has 2 aromatic heterocycles. The maximum Gasteiger partial charge on any atom is 0.352 e. The van der Waals surface area contributed by atoms with Gasteiger partial charge >= 0.3 is 5.97 Å². The maximum absolute atomic E-state index is 11.5. The monoisotopic (exact) mass is 381 g/mol. The van der Waals surface area contributed by atoms with Gasteiger partial charge < -0.3 is 24.2 Å². The molecule has 1 aliphatic heterocycles. The molecule has 146 valence electrons. The molecule has 1 aromatic carbocycles. The number of nitrogens with zero attached hydrogens (tertiary/aromatic N) is 5. The molecule has 3 aromatic rings. The van der Waals surface area contributed by atoms with Gasteiger partial charge in [-0.15, -0.1) is 0 Å². The summed E-state index contributed by atoms with van der Waals surface area (Å²) in [5, 5.41) is 10.2. The van der Waals surface area contributed by atoms with E-state index in [2.05, 4.69) is 26.8 Å². The van der Waals surface area contributed by atoms with Crippen molar-refractivity contribution in [2.45, 2.75) is 6.92 Å². The molecule has 4 rings (SSSR count). The van der Waals surface area contributed by atoms with Crippen LogP contribution in [-0.4, -0.2) is 63.7 Å². The SMILES string of the molecule is Cc1cc(Oc2cccc3cc(C(=O)O)n(C)c23)nc(N2CCN(C)CC2)n1. The number of hydrogen-bond donors (Lipinski definition) is 1. The van der Waals surface area contributed by atoms with E-state index in [1.54, 1.807) is 23.7 Å². The Kier molecular flexibility index (Phi) is 4.64. The number of para-hydroxylation sites is 1. The molecule has 0 radical (unpaired) electrons. The van der Waals surface area contributed by atoms with Gasteiger partial charge in [0.15, 0.2) is 5.75 Å². The van der Waals surface area contributed by atoms with Crippen molar-refractivity contribution in [1.29, 1.82) is 0 Å². The molecule has 0 amide bonds. The van der Waals surface area contributed by atoms with Crippen LogP contribution in [0.5, 0.6) is 11.6 Å². The molecule has 8 nitrogen and oxygen atoms in total. The minimum absolute atomic E-state index is 0.211. The fraction of sp³-hybridized carbons (Fsp3) is 0.350. The highest BCUT2D eigenvalue weighted by atomic mass is 16.5. The van der Waals surface area contributed by atoms with Crippen LogP contribution in [0.3, 0.4) is 0 Å². The summed E-state index contributed by atoms with van der Waals surface area (Å²) < 4.78 is 7.72. The van der Waals surface area contributed by atoms with E-state index in [0.29, 0.717) is 17.6 Å². The van der Waals surface area contributed by atoms with Gasteiger partial charge in [0, 0.05) is 50.4 Å². The predicted molar refractivity (Wildman–Crippen MR) is 106 cm³/mol. The van der Waals surface area contributed by atoms with Gasteiger partial charge in [-0.3, -0.25) is 0 Å². The van der Waals surface area contributed by atoms with E-state index in [1.807, 2.05) is 25.1 Å². The molecule has 8 heteroatoms. The third kappa shape index (κ3) is 3.38. The fourth-order valence-electron chi connectivity index (χ4n) is 3.50. The van der Waals surface area contributed by atoms with E-state index in [0.717, 1.165) is 42.8 Å². The Morgan fingerprint density at radius 3 is 2.57 bits per heavy atom. The number of aromatic nitrogens is 3. The van der Waals surface area contributed by atoms with Crippen molar-refractivity contribution in [3.8, 4) is 11.6 Å². The van der Waals surface area contributed by atoms with Crippen molar-refractivity contribution >= 4 is 22.8 Å². The van der Waals surface area contributed by atoms with Crippen molar-refractivity contribution in [3.63, 3.8) is 0 Å². The van der Waals surface area contributed by atoms with E-state index < -0.39 is 5.97 Å². The van der Waals surface area contributed by atoms with Crippen LogP contribution in [0, 0.1) is 6.92 Å². The minimum Gasteiger partial charge on any atom is -0.477 e. The number of ether oxygens (including phenoxy) is 1. The Hall–Kier alpha value is -3.13. The van der Waals surface area contributed by atoms with Crippen LogP contribution in [0.15, 0.2) is 30.3 Å². The molecule has 0 saturated carbocycles. The molecule has 1 fully saturated rings. The first-order chi connectivity index (χ1) is 13.4. The van der Waals surface area contributed by atoms with Crippen LogP contribution in [0.1, 0.15) is 16.2 Å². The van der Waals surface area contributed by atoms with Crippen LogP contribution < -0.4 is 9.64 Å². The lowest BCUT2D eigenvalue weighted by molar-refractivity contribution is 0.0687. The standard InChI is InChI=1S/C20H23N5O3/c1-13-11-17(22-20(21-13)25-9-7-23(2)8-10-25)28-16-6-4-5-14-12-15(19(26)27)24(3)18(14)16/h4-6,11-12H,7-10H2,1-3H3,(H,26,27). The van der Waals surface area contributed by atoms with Crippen LogP contribution in [0.25, 0.3) is 10.9 Å². The highest BCUT2D eigenvalue weighted by molar-refractivity contribution is 5.96. The van der Waals surface area contributed by atoms with E-state index in [4.69, 9.17) is 4.74 Å². The first-order valence-electron chi connectivity index (χ1n) is 9.21. The number of aromatic carboxylic acids is 1. The molecular formula is C20H23N5O3. The van der Waals surface area contributed by atoms with Gasteiger partial charge in [0.2, 0.25) is 11.8 Å². The van der Waals surface area contributed by atoms with E-state index in [-0.39, 0.29) is 5.69 Å². The summed E-state index contributed by atoms with van der Waals surface area (Å²) in [5.41, 5.74) is 1.75. The van der Waals surface area contributed by atoms with Crippen molar-refractivity contribution in [2.24, 2.45) is 7.05 Å². The van der Waals surface area contributed by atoms with Crippen molar-refractivity contribution in [2.75, 3.05) is 38.1 Å². The Bertz CT molecular complexity index is 1040. The number of likely N-dealkylation sites (N-methyl/N-ethyl adjacent to an activating group) is 1. The van der Waals surface area contributed by atoms with Crippen molar-refractivity contribution < 1.29 is 14.6 Å². The summed E-state index contributed by atoms with van der Waals surface area (Å²) in [4.78, 5) is 25.1. The van der Waals surface area contributed by atoms with Crippen LogP contribution in [0.2, 0.25) is 0 Å². The van der Waals surface area contributed by atoms with Crippen LogP contribution >= 0.6 is 0 Å². The lowest BCUT2D eigenvalue weighted by atomic mass is 10.2. The average Bonchev–Trinajstić information content (AvgIpc) is 3.00. The van der Waals surface area contributed by atoms with E-state index >= 15 is 0 Å². The van der Waals surface area contributed by atoms with Gasteiger partial charge in [-0.1, -0.05) is 12.1 Å². The second kappa shape index (κ2) is 7.12. The molecule has 3 heterocycles. The Labute approximate surface area is 163 Å². The largest absolute Gasteiger partial charge is 0.477 e. The third-order valence-electron chi connectivity index (χ3n) is 5.06. The summed E-state index contributed by atoms with van der Waals surface area (Å²) in [5.74, 6) is 0.704. The van der Waals surface area contributed by atoms with Gasteiger partial charge in [-0.25, -0.2) is 9.78 Å². The van der Waals surface area contributed by atoms with E-state index in [9.17, 15) is 9.90 Å². The fourth-order valence-corrected chi connectivity index (χ4v) is 3.50. The van der Waals surface area contributed by atoms with Gasteiger partial charge in [0.25, 0.3) is 0 Å². The Morgan fingerprint density at radius 2 is 1.86 bits per heavy atom. The van der Waals surface area contributed by atoms with Gasteiger partial charge in [-0.05, 0) is 26.1 Å². The lowest BCUT2D eigenvalue weighted by Gasteiger charge is -2.32. The number of fused-ring (bicyclic) bond motifs is 1. The number of piperazine rings is 1. The smallest absolute Gasteiger partial charge is 0.352 e. The second-order valence-electron chi connectivity index (χ2n) is 7.13. The predicted octanol–water partition coefficient (Wildman–Crippen LogP) is 2.52. The lowest BCUT2D eigenvalue weighted by Crippen LogP contribution is -2.45. The molecule has 0 atom stereocenters. The quantitative estimate of drug-likeness (QED) is 0.743. The number of aryl methyl sites for hydroxylation is 2. The number of hydrogen-bond acceptors (Lipinski definition) is 6. The zero-order valence-electron chi connectivity index (χ0n) is 16.2. The molecule has 0 unspecified atom stereocenters. The van der Waals surface area contributed by atoms with Gasteiger partial charge in [0.05, 0.1) is 5.52 Å². The first kappa shape index (κ1) is 18.2. The van der Waals surface area contributed by atoms with Gasteiger partial charge in [0.1, 0.15) is 5.69 Å². The highest BCUT2D eigenvalue weighted by Crippen LogP contribution is 2.32. The number of benzene rings is 1. The second-order valence-corrected chi connectivity index (χ2v) is 7.13. The molecule has 1 aliphatic rings. The first-order valence-corrected chi connectivity index (χ1v) is 9.21. The van der Waals surface area contributed by atoms with Crippen LogP contribution in [0.4, 0.5) is 5.95 Å². The number of anilines is 1. The number of carboxylic acid groups (broad SMARTS) is 1. The Morgan fingerprint density at radius 1 is 1.11 bits per heavy atom. The van der Waals surface area contributed by atoms with Crippen molar-refractivity contribution in [1.82, 2.24) is 19.4 Å². The van der Waals surface area contributed by atoms with E-state index in [1.165, 1.54) is 0 Å². The summed E-state index contributed by atoms with van der Waals surface area (Å²) in [6, 6.07) is 8.97. The number of carbonyl (C=O) groups is 1. The minimum atomic E-state index is -0.972. The highest BCUT2D eigenvalue weighted by Gasteiger charge is 2.19.